The number of hydrogen-bond donors (Lipinski definition) is 1. The second kappa shape index (κ2) is 4.66. The van der Waals surface area contributed by atoms with E-state index in [1.807, 2.05) is 31.2 Å². The molecular weight excluding hydrogens is 236 g/mol. The maximum absolute atomic E-state index is 11.4. The number of hydrogen-bond acceptors (Lipinski definition) is 4. The highest BCUT2D eigenvalue weighted by Gasteiger charge is 2.23. The molecule has 0 spiro atoms. The average molecular weight is 254 g/mol. The maximum atomic E-state index is 11.4. The minimum Gasteiger partial charge on any atom is -0.369 e. The van der Waals surface area contributed by atoms with Gasteiger partial charge in [-0.2, -0.15) is 0 Å². The Morgan fingerprint density at radius 1 is 1.24 bits per heavy atom. The van der Waals surface area contributed by atoms with Crippen molar-refractivity contribution in [1.29, 1.82) is 0 Å². The molecule has 0 aliphatic carbocycles. The van der Waals surface area contributed by atoms with E-state index in [1.54, 1.807) is 0 Å². The van der Waals surface area contributed by atoms with Crippen LogP contribution in [0.15, 0.2) is 24.3 Å². The Hall–Kier alpha value is -1.07. The first kappa shape index (κ1) is 12.4. The zero-order valence-corrected chi connectivity index (χ0v) is 10.8. The second-order valence-corrected chi connectivity index (χ2v) is 6.79. The molecule has 0 amide bonds. The van der Waals surface area contributed by atoms with Crippen molar-refractivity contribution in [2.75, 3.05) is 29.5 Å². The highest BCUT2D eigenvalue weighted by molar-refractivity contribution is 7.91. The highest BCUT2D eigenvalue weighted by atomic mass is 32.2. The van der Waals surface area contributed by atoms with E-state index in [2.05, 4.69) is 4.90 Å². The van der Waals surface area contributed by atoms with Crippen molar-refractivity contribution in [1.82, 2.24) is 0 Å². The fourth-order valence-electron chi connectivity index (χ4n) is 2.11. The molecule has 1 atom stereocenters. The van der Waals surface area contributed by atoms with Crippen LogP contribution < -0.4 is 10.6 Å². The van der Waals surface area contributed by atoms with Gasteiger partial charge in [-0.05, 0) is 18.6 Å². The quantitative estimate of drug-likeness (QED) is 0.853. The Balaban J connectivity index is 2.24. The molecular formula is C12H18N2O2S. The van der Waals surface area contributed by atoms with Crippen LogP contribution >= 0.6 is 0 Å². The van der Waals surface area contributed by atoms with Gasteiger partial charge in [0, 0.05) is 24.8 Å². The van der Waals surface area contributed by atoms with Gasteiger partial charge in [0.2, 0.25) is 0 Å². The molecule has 1 heterocycles. The standard InChI is InChI=1S/C12H18N2O2S/c1-10(13)11-4-2-3-5-12(11)14-6-8-17(15,16)9-7-14/h2-5,10H,6-9,13H2,1H3/t10-/m1/s1. The highest BCUT2D eigenvalue weighted by Crippen LogP contribution is 2.26. The predicted octanol–water partition coefficient (Wildman–Crippen LogP) is 0.941. The first-order valence-corrected chi connectivity index (χ1v) is 7.61. The number of rotatable bonds is 2. The Kier molecular flexibility index (Phi) is 3.40. The van der Waals surface area contributed by atoms with Crippen molar-refractivity contribution in [3.8, 4) is 0 Å². The van der Waals surface area contributed by atoms with Crippen LogP contribution in [0.2, 0.25) is 0 Å². The molecule has 94 valence electrons. The summed E-state index contributed by atoms with van der Waals surface area (Å²) in [6.07, 6.45) is 0. The van der Waals surface area contributed by atoms with Gasteiger partial charge in [0.15, 0.2) is 9.84 Å². The third-order valence-electron chi connectivity index (χ3n) is 3.11. The van der Waals surface area contributed by atoms with Crippen LogP contribution in [0.4, 0.5) is 5.69 Å². The molecule has 0 radical (unpaired) electrons. The lowest BCUT2D eigenvalue weighted by Gasteiger charge is -2.31. The third kappa shape index (κ3) is 2.79. The zero-order valence-electron chi connectivity index (χ0n) is 9.96. The van der Waals surface area contributed by atoms with Crippen molar-refractivity contribution >= 4 is 15.5 Å². The fraction of sp³-hybridized carbons (Fsp3) is 0.500. The molecule has 2 N–H and O–H groups in total. The van der Waals surface area contributed by atoms with Crippen molar-refractivity contribution < 1.29 is 8.42 Å². The molecule has 0 unspecified atom stereocenters. The molecule has 1 aliphatic rings. The van der Waals surface area contributed by atoms with E-state index in [0.717, 1.165) is 11.3 Å². The van der Waals surface area contributed by atoms with Gasteiger partial charge >= 0.3 is 0 Å². The monoisotopic (exact) mass is 254 g/mol. The lowest BCUT2D eigenvalue weighted by molar-refractivity contribution is 0.586. The van der Waals surface area contributed by atoms with Gasteiger partial charge in [-0.3, -0.25) is 0 Å². The molecule has 17 heavy (non-hydrogen) atoms. The lowest BCUT2D eigenvalue weighted by atomic mass is 10.1. The molecule has 1 aliphatic heterocycles. The Labute approximate surface area is 102 Å². The third-order valence-corrected chi connectivity index (χ3v) is 4.72. The molecule has 0 saturated carbocycles. The number of nitrogens with two attached hydrogens (primary N) is 1. The van der Waals surface area contributed by atoms with Gasteiger partial charge in [0.25, 0.3) is 0 Å². The summed E-state index contributed by atoms with van der Waals surface area (Å²) in [7, 11) is -2.83. The van der Waals surface area contributed by atoms with E-state index in [0.29, 0.717) is 13.1 Å². The SMILES string of the molecule is C[C@@H](N)c1ccccc1N1CCS(=O)(=O)CC1. The molecule has 4 nitrogen and oxygen atoms in total. The summed E-state index contributed by atoms with van der Waals surface area (Å²) in [6.45, 7) is 3.07. The van der Waals surface area contributed by atoms with Gasteiger partial charge in [0.05, 0.1) is 11.5 Å². The minimum absolute atomic E-state index is 0.0373. The molecule has 1 saturated heterocycles. The van der Waals surface area contributed by atoms with Gasteiger partial charge in [-0.1, -0.05) is 18.2 Å². The van der Waals surface area contributed by atoms with Crippen LogP contribution in [-0.4, -0.2) is 33.0 Å². The number of nitrogens with zero attached hydrogens (tertiary/aromatic N) is 1. The summed E-state index contributed by atoms with van der Waals surface area (Å²) >= 11 is 0. The van der Waals surface area contributed by atoms with Crippen LogP contribution in [0.3, 0.4) is 0 Å². The second-order valence-electron chi connectivity index (χ2n) is 4.49. The van der Waals surface area contributed by atoms with Crippen molar-refractivity contribution in [2.24, 2.45) is 5.73 Å². The molecule has 1 fully saturated rings. The summed E-state index contributed by atoms with van der Waals surface area (Å²) in [5.74, 6) is 0.473. The average Bonchev–Trinajstić information content (AvgIpc) is 2.29. The van der Waals surface area contributed by atoms with Crippen LogP contribution in [-0.2, 0) is 9.84 Å². The Morgan fingerprint density at radius 2 is 1.82 bits per heavy atom. The molecule has 0 aromatic heterocycles. The largest absolute Gasteiger partial charge is 0.369 e. The van der Waals surface area contributed by atoms with Gasteiger partial charge in [-0.25, -0.2) is 8.42 Å². The summed E-state index contributed by atoms with van der Waals surface area (Å²) in [5, 5.41) is 0. The van der Waals surface area contributed by atoms with E-state index < -0.39 is 9.84 Å². The summed E-state index contributed by atoms with van der Waals surface area (Å²) in [5.41, 5.74) is 8.07. The van der Waals surface area contributed by atoms with E-state index in [9.17, 15) is 8.42 Å². The summed E-state index contributed by atoms with van der Waals surface area (Å²) < 4.78 is 22.8. The van der Waals surface area contributed by atoms with Crippen molar-refractivity contribution in [3.05, 3.63) is 29.8 Å². The van der Waals surface area contributed by atoms with E-state index in [-0.39, 0.29) is 17.5 Å². The van der Waals surface area contributed by atoms with E-state index in [1.165, 1.54) is 0 Å². The van der Waals surface area contributed by atoms with Gasteiger partial charge in [0.1, 0.15) is 0 Å². The number of anilines is 1. The van der Waals surface area contributed by atoms with Crippen molar-refractivity contribution in [2.45, 2.75) is 13.0 Å². The molecule has 0 bridgehead atoms. The first-order valence-electron chi connectivity index (χ1n) is 5.79. The van der Waals surface area contributed by atoms with Gasteiger partial charge in [-0.15, -0.1) is 0 Å². The smallest absolute Gasteiger partial charge is 0.153 e. The minimum atomic E-state index is -2.83. The molecule has 2 rings (SSSR count). The first-order chi connectivity index (χ1) is 7.99. The van der Waals surface area contributed by atoms with Crippen LogP contribution in [0.1, 0.15) is 18.5 Å². The molecule has 1 aromatic rings. The molecule has 5 heteroatoms. The molecule has 1 aromatic carbocycles. The number of para-hydroxylation sites is 1. The van der Waals surface area contributed by atoms with Crippen molar-refractivity contribution in [3.63, 3.8) is 0 Å². The van der Waals surface area contributed by atoms with Crippen LogP contribution in [0.25, 0.3) is 0 Å². The normalized spacial score (nSPS) is 21.2. The summed E-state index contributed by atoms with van der Waals surface area (Å²) in [6, 6.07) is 7.90. The Bertz CT molecular complexity index is 483. The maximum Gasteiger partial charge on any atom is 0.153 e. The number of sulfone groups is 1. The Morgan fingerprint density at radius 3 is 2.41 bits per heavy atom. The fourth-order valence-corrected chi connectivity index (χ4v) is 3.32. The lowest BCUT2D eigenvalue weighted by Crippen LogP contribution is -2.40. The van der Waals surface area contributed by atoms with Gasteiger partial charge < -0.3 is 10.6 Å². The zero-order chi connectivity index (χ0) is 12.5. The van der Waals surface area contributed by atoms with E-state index in [4.69, 9.17) is 5.73 Å². The van der Waals surface area contributed by atoms with Crippen LogP contribution in [0, 0.1) is 0 Å². The number of benzene rings is 1. The van der Waals surface area contributed by atoms with Crippen LogP contribution in [0.5, 0.6) is 0 Å². The summed E-state index contributed by atoms with van der Waals surface area (Å²) in [4.78, 5) is 2.11. The van der Waals surface area contributed by atoms with E-state index >= 15 is 0 Å². The topological polar surface area (TPSA) is 63.4 Å². The predicted molar refractivity (Wildman–Crippen MR) is 69.9 cm³/mol.